The van der Waals surface area contributed by atoms with Crippen molar-refractivity contribution in [2.45, 2.75) is 28.3 Å². The van der Waals surface area contributed by atoms with Crippen LogP contribution in [-0.2, 0) is 10.5 Å². The molecule has 0 atom stereocenters. The lowest BCUT2D eigenvalue weighted by molar-refractivity contribution is -0.118. The van der Waals surface area contributed by atoms with E-state index >= 15 is 0 Å². The van der Waals surface area contributed by atoms with Crippen molar-refractivity contribution in [1.82, 2.24) is 15.6 Å². The number of para-hydroxylation sites is 1. The molecule has 2 aromatic carbocycles. The van der Waals surface area contributed by atoms with Gasteiger partial charge in [-0.1, -0.05) is 76.8 Å². The number of carbonyl (C=O) groups excluding carboxylic acids is 1. The Hall–Kier alpha value is -2.36. The number of hydrogen-bond donors (Lipinski definition) is 1. The minimum atomic E-state index is -0.200. The lowest BCUT2D eigenvalue weighted by Gasteiger charge is -2.05. The summed E-state index contributed by atoms with van der Waals surface area (Å²) in [4.78, 5) is 12.0. The molecule has 0 spiro atoms. The van der Waals surface area contributed by atoms with E-state index in [0.29, 0.717) is 6.61 Å². The molecule has 3 aromatic rings. The predicted octanol–water partition coefficient (Wildman–Crippen LogP) is 4.78. The van der Waals surface area contributed by atoms with Gasteiger partial charge >= 0.3 is 0 Å². The fourth-order valence-corrected chi connectivity index (χ4v) is 5.12. The van der Waals surface area contributed by atoms with E-state index in [0.717, 1.165) is 25.7 Å². The lowest BCUT2D eigenvalue weighted by Crippen LogP contribution is -2.19. The molecule has 156 valence electrons. The van der Waals surface area contributed by atoms with Crippen molar-refractivity contribution >= 4 is 47.0 Å². The van der Waals surface area contributed by atoms with Crippen LogP contribution in [0.15, 0.2) is 62.3 Å². The number of rotatable bonds is 10. The molecule has 0 aliphatic carbocycles. The van der Waals surface area contributed by atoms with Gasteiger partial charge in [0.05, 0.1) is 18.6 Å². The zero-order valence-corrected chi connectivity index (χ0v) is 19.1. The van der Waals surface area contributed by atoms with Crippen molar-refractivity contribution in [2.24, 2.45) is 5.10 Å². The van der Waals surface area contributed by atoms with Crippen LogP contribution in [0.4, 0.5) is 0 Å². The maximum Gasteiger partial charge on any atom is 0.250 e. The van der Waals surface area contributed by atoms with E-state index in [1.54, 1.807) is 18.0 Å². The van der Waals surface area contributed by atoms with E-state index in [-0.39, 0.29) is 11.7 Å². The zero-order valence-electron chi connectivity index (χ0n) is 16.7. The summed E-state index contributed by atoms with van der Waals surface area (Å²) in [6, 6.07) is 16.0. The van der Waals surface area contributed by atoms with Crippen LogP contribution in [0, 0.1) is 6.92 Å². The number of nitrogens with zero attached hydrogens (tertiary/aromatic N) is 3. The highest BCUT2D eigenvalue weighted by Crippen LogP contribution is 2.30. The Labute approximate surface area is 188 Å². The number of amides is 1. The molecule has 0 unspecified atom stereocenters. The number of carbonyl (C=O) groups is 1. The van der Waals surface area contributed by atoms with Crippen molar-refractivity contribution in [3.8, 4) is 5.75 Å². The summed E-state index contributed by atoms with van der Waals surface area (Å²) >= 11 is 4.49. The molecule has 1 N–H and O–H groups in total. The van der Waals surface area contributed by atoms with Gasteiger partial charge in [-0.15, -0.1) is 10.2 Å². The Bertz CT molecular complexity index is 990. The first-order chi connectivity index (χ1) is 14.6. The zero-order chi connectivity index (χ0) is 21.2. The first-order valence-corrected chi connectivity index (χ1v) is 12.1. The largest absolute Gasteiger partial charge is 0.493 e. The maximum atomic E-state index is 12.0. The molecule has 3 rings (SSSR count). The van der Waals surface area contributed by atoms with Crippen LogP contribution in [0.3, 0.4) is 0 Å². The number of nitrogens with one attached hydrogen (secondary N) is 1. The van der Waals surface area contributed by atoms with Crippen molar-refractivity contribution in [3.63, 3.8) is 0 Å². The monoisotopic (exact) mass is 458 g/mol. The number of aryl methyl sites for hydroxylation is 1. The Morgan fingerprint density at radius 3 is 2.63 bits per heavy atom. The number of ether oxygens (including phenoxy) is 1. The molecular weight excluding hydrogens is 436 g/mol. The molecule has 0 aliphatic rings. The van der Waals surface area contributed by atoms with E-state index < -0.39 is 0 Å². The SMILES string of the molecule is CCOc1ccccc1C=NNC(=O)CSc1nnc(SCc2ccc(C)cc2)s1. The summed E-state index contributed by atoms with van der Waals surface area (Å²) in [6.45, 7) is 4.57. The molecule has 1 heterocycles. The van der Waals surface area contributed by atoms with Crippen molar-refractivity contribution < 1.29 is 9.53 Å². The molecule has 1 amide bonds. The van der Waals surface area contributed by atoms with E-state index in [1.807, 2.05) is 31.2 Å². The summed E-state index contributed by atoms with van der Waals surface area (Å²) in [7, 11) is 0. The van der Waals surface area contributed by atoms with Gasteiger partial charge in [-0.25, -0.2) is 5.43 Å². The van der Waals surface area contributed by atoms with Gasteiger partial charge in [0.15, 0.2) is 8.68 Å². The van der Waals surface area contributed by atoms with Crippen LogP contribution in [0.2, 0.25) is 0 Å². The minimum absolute atomic E-state index is 0.200. The second kappa shape index (κ2) is 11.7. The summed E-state index contributed by atoms with van der Waals surface area (Å²) in [5.41, 5.74) is 5.84. The third-order valence-electron chi connectivity index (χ3n) is 3.81. The van der Waals surface area contributed by atoms with Crippen LogP contribution in [0.25, 0.3) is 0 Å². The highest BCUT2D eigenvalue weighted by molar-refractivity contribution is 8.03. The van der Waals surface area contributed by atoms with Gasteiger partial charge in [-0.3, -0.25) is 4.79 Å². The Balaban J connectivity index is 1.42. The maximum absolute atomic E-state index is 12.0. The third-order valence-corrected chi connectivity index (χ3v) is 7.07. The van der Waals surface area contributed by atoms with Crippen LogP contribution in [0.1, 0.15) is 23.6 Å². The lowest BCUT2D eigenvalue weighted by atomic mass is 10.2. The van der Waals surface area contributed by atoms with Gasteiger partial charge in [0.25, 0.3) is 5.91 Å². The molecule has 0 saturated carbocycles. The fourth-order valence-electron chi connectivity index (χ4n) is 2.35. The summed E-state index contributed by atoms with van der Waals surface area (Å²) < 4.78 is 7.19. The first-order valence-electron chi connectivity index (χ1n) is 9.32. The summed E-state index contributed by atoms with van der Waals surface area (Å²) in [5.74, 6) is 1.60. The molecule has 9 heteroatoms. The topological polar surface area (TPSA) is 76.5 Å². The van der Waals surface area contributed by atoms with Gasteiger partial charge < -0.3 is 4.74 Å². The smallest absolute Gasteiger partial charge is 0.250 e. The second-order valence-electron chi connectivity index (χ2n) is 6.16. The normalized spacial score (nSPS) is 11.0. The van der Waals surface area contributed by atoms with Crippen molar-refractivity contribution in [2.75, 3.05) is 12.4 Å². The van der Waals surface area contributed by atoms with Crippen LogP contribution >= 0.6 is 34.9 Å². The average Bonchev–Trinajstić information content (AvgIpc) is 3.21. The molecule has 6 nitrogen and oxygen atoms in total. The number of hydrogen-bond acceptors (Lipinski definition) is 8. The quantitative estimate of drug-likeness (QED) is 0.268. The van der Waals surface area contributed by atoms with Crippen LogP contribution < -0.4 is 10.2 Å². The molecule has 1 aromatic heterocycles. The fraction of sp³-hybridized carbons (Fsp3) is 0.238. The summed E-state index contributed by atoms with van der Waals surface area (Å²) in [6.07, 6.45) is 1.58. The van der Waals surface area contributed by atoms with Crippen molar-refractivity contribution in [1.29, 1.82) is 0 Å². The summed E-state index contributed by atoms with van der Waals surface area (Å²) in [5, 5.41) is 12.4. The molecule has 0 bridgehead atoms. The van der Waals surface area contributed by atoms with E-state index in [1.165, 1.54) is 34.2 Å². The number of thioether (sulfide) groups is 2. The van der Waals surface area contributed by atoms with Crippen molar-refractivity contribution in [3.05, 3.63) is 65.2 Å². The Morgan fingerprint density at radius 2 is 1.87 bits per heavy atom. The van der Waals surface area contributed by atoms with Crippen LogP contribution in [-0.4, -0.2) is 34.7 Å². The van der Waals surface area contributed by atoms with Gasteiger partial charge in [0.1, 0.15) is 5.75 Å². The van der Waals surface area contributed by atoms with Crippen LogP contribution in [0.5, 0.6) is 5.75 Å². The molecular formula is C21H22N4O2S3. The van der Waals surface area contributed by atoms with Gasteiger partial charge in [0, 0.05) is 11.3 Å². The number of hydrazone groups is 1. The second-order valence-corrected chi connectivity index (χ2v) is 9.58. The number of aromatic nitrogens is 2. The average molecular weight is 459 g/mol. The molecule has 0 saturated heterocycles. The van der Waals surface area contributed by atoms with E-state index in [9.17, 15) is 4.79 Å². The Morgan fingerprint density at radius 1 is 1.13 bits per heavy atom. The number of benzene rings is 2. The van der Waals surface area contributed by atoms with Gasteiger partial charge in [0.2, 0.25) is 0 Å². The van der Waals surface area contributed by atoms with E-state index in [2.05, 4.69) is 51.9 Å². The molecule has 0 aliphatic heterocycles. The highest BCUT2D eigenvalue weighted by Gasteiger charge is 2.09. The van der Waals surface area contributed by atoms with Gasteiger partial charge in [-0.05, 0) is 31.5 Å². The van der Waals surface area contributed by atoms with Gasteiger partial charge in [-0.2, -0.15) is 5.10 Å². The molecule has 0 radical (unpaired) electrons. The Kier molecular flexibility index (Phi) is 8.73. The molecule has 30 heavy (non-hydrogen) atoms. The molecule has 0 fully saturated rings. The highest BCUT2D eigenvalue weighted by atomic mass is 32.2. The standard InChI is InChI=1S/C21H22N4O2S3/c1-3-27-18-7-5-4-6-17(18)12-22-23-19(26)14-29-21-25-24-20(30-21)28-13-16-10-8-15(2)9-11-16/h4-12H,3,13-14H2,1-2H3,(H,23,26). The third kappa shape index (κ3) is 7.16. The first kappa shape index (κ1) is 22.3. The minimum Gasteiger partial charge on any atom is -0.493 e. The predicted molar refractivity (Wildman–Crippen MR) is 125 cm³/mol. The van der Waals surface area contributed by atoms with E-state index in [4.69, 9.17) is 4.74 Å².